The van der Waals surface area contributed by atoms with Crippen molar-refractivity contribution in [3.05, 3.63) is 41.6 Å². The Morgan fingerprint density at radius 1 is 1.15 bits per heavy atom. The average molecular weight is 372 g/mol. The fourth-order valence-electron chi connectivity index (χ4n) is 2.68. The Labute approximate surface area is 158 Å². The predicted molar refractivity (Wildman–Crippen MR) is 106 cm³/mol. The molecule has 0 atom stereocenters. The van der Waals surface area contributed by atoms with Gasteiger partial charge in [0.05, 0.1) is 12.3 Å². The smallest absolute Gasteiger partial charge is 0.228 e. The molecule has 0 aliphatic heterocycles. The molecule has 0 aliphatic carbocycles. The highest BCUT2D eigenvalue weighted by Crippen LogP contribution is 2.24. The molecule has 0 amide bonds. The Balaban J connectivity index is 1.92. The molecule has 1 aromatic carbocycles. The lowest BCUT2D eigenvalue weighted by molar-refractivity contribution is 0.240. The highest BCUT2D eigenvalue weighted by molar-refractivity contribution is 7.98. The van der Waals surface area contributed by atoms with E-state index in [1.165, 1.54) is 11.8 Å². The second-order valence-corrected chi connectivity index (χ2v) is 7.43. The van der Waals surface area contributed by atoms with E-state index in [0.29, 0.717) is 18.4 Å². The molecule has 3 rings (SSSR count). The van der Waals surface area contributed by atoms with Crippen LogP contribution in [0.4, 0.5) is 5.95 Å². The van der Waals surface area contributed by atoms with Crippen LogP contribution in [0.3, 0.4) is 0 Å². The Morgan fingerprint density at radius 3 is 2.62 bits per heavy atom. The van der Waals surface area contributed by atoms with E-state index in [0.717, 1.165) is 27.7 Å². The van der Waals surface area contributed by atoms with Gasteiger partial charge in [-0.15, -0.1) is 0 Å². The summed E-state index contributed by atoms with van der Waals surface area (Å²) in [7, 11) is 0. The van der Waals surface area contributed by atoms with E-state index in [9.17, 15) is 0 Å². The SMILES string of the molecule is CSc1nc(NCc2ccccc2OC(C)C)n2ncc(C(C)C)c2n1. The van der Waals surface area contributed by atoms with Crippen LogP contribution < -0.4 is 10.1 Å². The van der Waals surface area contributed by atoms with Crippen LogP contribution in [0.25, 0.3) is 5.65 Å². The molecule has 0 unspecified atom stereocenters. The van der Waals surface area contributed by atoms with Crippen molar-refractivity contribution in [2.75, 3.05) is 11.6 Å². The quantitative estimate of drug-likeness (QED) is 0.622. The van der Waals surface area contributed by atoms with Gasteiger partial charge in [-0.05, 0) is 32.1 Å². The predicted octanol–water partition coefficient (Wildman–Crippen LogP) is 4.37. The molecule has 2 heterocycles. The first-order valence-corrected chi connectivity index (χ1v) is 10.00. The summed E-state index contributed by atoms with van der Waals surface area (Å²) in [6.07, 6.45) is 3.98. The van der Waals surface area contributed by atoms with Crippen molar-refractivity contribution in [3.63, 3.8) is 0 Å². The molecule has 2 aromatic heterocycles. The maximum Gasteiger partial charge on any atom is 0.228 e. The number of rotatable bonds is 7. The van der Waals surface area contributed by atoms with Gasteiger partial charge in [-0.1, -0.05) is 43.8 Å². The molecule has 3 aromatic rings. The summed E-state index contributed by atoms with van der Waals surface area (Å²) in [6, 6.07) is 8.04. The number of fused-ring (bicyclic) bond motifs is 1. The van der Waals surface area contributed by atoms with E-state index < -0.39 is 0 Å². The highest BCUT2D eigenvalue weighted by atomic mass is 32.2. The molecule has 138 valence electrons. The molecule has 1 N–H and O–H groups in total. The van der Waals surface area contributed by atoms with E-state index >= 15 is 0 Å². The molecule has 0 saturated carbocycles. The van der Waals surface area contributed by atoms with Crippen molar-refractivity contribution in [2.45, 2.75) is 51.4 Å². The summed E-state index contributed by atoms with van der Waals surface area (Å²) >= 11 is 1.53. The minimum absolute atomic E-state index is 0.129. The zero-order chi connectivity index (χ0) is 18.7. The van der Waals surface area contributed by atoms with Gasteiger partial charge in [0.25, 0.3) is 0 Å². The van der Waals surface area contributed by atoms with Crippen molar-refractivity contribution < 1.29 is 4.74 Å². The van der Waals surface area contributed by atoms with Crippen LogP contribution in [0, 0.1) is 0 Å². The van der Waals surface area contributed by atoms with Gasteiger partial charge in [0.2, 0.25) is 5.95 Å². The maximum absolute atomic E-state index is 5.90. The second-order valence-electron chi connectivity index (χ2n) is 6.65. The van der Waals surface area contributed by atoms with Crippen LogP contribution in [-0.2, 0) is 6.54 Å². The lowest BCUT2D eigenvalue weighted by Gasteiger charge is -2.15. The van der Waals surface area contributed by atoms with Crippen molar-refractivity contribution in [1.82, 2.24) is 19.6 Å². The normalized spacial score (nSPS) is 11.5. The maximum atomic E-state index is 5.90. The third-order valence-corrected chi connectivity index (χ3v) is 4.50. The van der Waals surface area contributed by atoms with Crippen LogP contribution in [0.1, 0.15) is 44.7 Å². The first-order chi connectivity index (χ1) is 12.5. The van der Waals surface area contributed by atoms with Gasteiger partial charge >= 0.3 is 0 Å². The monoisotopic (exact) mass is 371 g/mol. The molecular weight excluding hydrogens is 346 g/mol. The molecule has 26 heavy (non-hydrogen) atoms. The van der Waals surface area contributed by atoms with E-state index in [1.807, 2.05) is 44.5 Å². The van der Waals surface area contributed by atoms with E-state index in [1.54, 1.807) is 4.52 Å². The van der Waals surface area contributed by atoms with Gasteiger partial charge in [-0.2, -0.15) is 14.6 Å². The minimum Gasteiger partial charge on any atom is -0.491 e. The number of benzene rings is 1. The molecule has 0 bridgehead atoms. The lowest BCUT2D eigenvalue weighted by atomic mass is 10.1. The van der Waals surface area contributed by atoms with Gasteiger partial charge in [0.15, 0.2) is 10.8 Å². The van der Waals surface area contributed by atoms with E-state index in [4.69, 9.17) is 4.74 Å². The second kappa shape index (κ2) is 7.95. The molecule has 0 saturated heterocycles. The topological polar surface area (TPSA) is 64.3 Å². The number of hydrogen-bond acceptors (Lipinski definition) is 6. The van der Waals surface area contributed by atoms with Gasteiger partial charge in [-0.25, -0.2) is 4.98 Å². The Bertz CT molecular complexity index is 891. The van der Waals surface area contributed by atoms with Crippen molar-refractivity contribution in [1.29, 1.82) is 0 Å². The molecule has 0 fully saturated rings. The van der Waals surface area contributed by atoms with E-state index in [2.05, 4.69) is 40.3 Å². The molecule has 6 nitrogen and oxygen atoms in total. The first-order valence-electron chi connectivity index (χ1n) is 8.77. The summed E-state index contributed by atoms with van der Waals surface area (Å²) in [5, 5.41) is 8.62. The summed E-state index contributed by atoms with van der Waals surface area (Å²) in [5.41, 5.74) is 3.05. The van der Waals surface area contributed by atoms with E-state index in [-0.39, 0.29) is 6.10 Å². The van der Waals surface area contributed by atoms with Gasteiger partial charge in [-0.3, -0.25) is 0 Å². The number of nitrogens with one attached hydrogen (secondary N) is 1. The minimum atomic E-state index is 0.129. The van der Waals surface area contributed by atoms with Gasteiger partial charge in [0, 0.05) is 17.7 Å². The third-order valence-electron chi connectivity index (χ3n) is 3.95. The Morgan fingerprint density at radius 2 is 1.92 bits per heavy atom. The third kappa shape index (κ3) is 3.93. The molecule has 7 heteroatoms. The Hall–Kier alpha value is -2.28. The number of hydrogen-bond donors (Lipinski definition) is 1. The molecular formula is C19H25N5OS. The largest absolute Gasteiger partial charge is 0.491 e. The molecule has 0 spiro atoms. The lowest BCUT2D eigenvalue weighted by Crippen LogP contribution is -2.12. The summed E-state index contributed by atoms with van der Waals surface area (Å²) in [6.45, 7) is 8.94. The van der Waals surface area contributed by atoms with Crippen LogP contribution in [0.15, 0.2) is 35.6 Å². The fourth-order valence-corrected chi connectivity index (χ4v) is 3.04. The van der Waals surface area contributed by atoms with Gasteiger partial charge in [0.1, 0.15) is 5.75 Å². The standard InChI is InChI=1S/C19H25N5OS/c1-12(2)15-11-21-24-17(15)22-19(26-5)23-18(24)20-10-14-8-6-7-9-16(14)25-13(3)4/h6-9,11-13H,10H2,1-5H3,(H,20,22,23). The summed E-state index contributed by atoms with van der Waals surface area (Å²) < 4.78 is 7.68. The molecule has 0 aliphatic rings. The van der Waals surface area contributed by atoms with Crippen molar-refractivity contribution >= 4 is 23.4 Å². The van der Waals surface area contributed by atoms with Crippen LogP contribution in [0.5, 0.6) is 5.75 Å². The number of para-hydroxylation sites is 1. The fraction of sp³-hybridized carbons (Fsp3) is 0.421. The number of ether oxygens (including phenoxy) is 1. The van der Waals surface area contributed by atoms with Gasteiger partial charge < -0.3 is 10.1 Å². The zero-order valence-corrected chi connectivity index (χ0v) is 16.7. The Kier molecular flexibility index (Phi) is 5.66. The first kappa shape index (κ1) is 18.5. The van der Waals surface area contributed by atoms with Crippen molar-refractivity contribution in [3.8, 4) is 5.75 Å². The summed E-state index contributed by atoms with van der Waals surface area (Å²) in [4.78, 5) is 9.23. The molecule has 0 radical (unpaired) electrons. The highest BCUT2D eigenvalue weighted by Gasteiger charge is 2.15. The average Bonchev–Trinajstić information content (AvgIpc) is 3.04. The van der Waals surface area contributed by atoms with Crippen LogP contribution >= 0.6 is 11.8 Å². The zero-order valence-electron chi connectivity index (χ0n) is 15.9. The van der Waals surface area contributed by atoms with Crippen LogP contribution in [0.2, 0.25) is 0 Å². The van der Waals surface area contributed by atoms with Crippen LogP contribution in [-0.4, -0.2) is 31.9 Å². The summed E-state index contributed by atoms with van der Waals surface area (Å²) in [5.74, 6) is 1.92. The number of anilines is 1. The number of aromatic nitrogens is 4. The number of thioether (sulfide) groups is 1. The van der Waals surface area contributed by atoms with Crippen molar-refractivity contribution in [2.24, 2.45) is 0 Å². The number of nitrogens with zero attached hydrogens (tertiary/aromatic N) is 4.